The Morgan fingerprint density at radius 2 is 2.00 bits per heavy atom. The van der Waals surface area contributed by atoms with Crippen molar-refractivity contribution >= 4 is 28.2 Å². The van der Waals surface area contributed by atoms with Gasteiger partial charge in [-0.1, -0.05) is 0 Å². The molecular formula is C14H25N3O2S2. The number of hydrogen-bond donors (Lipinski definition) is 2. The first-order valence-corrected chi connectivity index (χ1v) is 9.30. The van der Waals surface area contributed by atoms with Gasteiger partial charge in [-0.15, -0.1) is 11.3 Å². The van der Waals surface area contributed by atoms with Crippen molar-refractivity contribution < 1.29 is 9.00 Å². The van der Waals surface area contributed by atoms with E-state index in [4.69, 9.17) is 0 Å². The molecule has 0 fully saturated rings. The van der Waals surface area contributed by atoms with Gasteiger partial charge in [0.25, 0.3) is 0 Å². The Kier molecular flexibility index (Phi) is 7.31. The van der Waals surface area contributed by atoms with Crippen LogP contribution in [0.1, 0.15) is 37.9 Å². The average molecular weight is 332 g/mol. The van der Waals surface area contributed by atoms with Crippen LogP contribution in [0.2, 0.25) is 0 Å². The van der Waals surface area contributed by atoms with Crippen LogP contribution in [-0.4, -0.2) is 38.8 Å². The summed E-state index contributed by atoms with van der Waals surface area (Å²) >= 11 is 1.65. The van der Waals surface area contributed by atoms with Crippen LogP contribution < -0.4 is 10.6 Å². The number of rotatable bonds is 7. The smallest absolute Gasteiger partial charge is 0.314 e. The number of aryl methyl sites for hydroxylation is 2. The Morgan fingerprint density at radius 3 is 2.57 bits per heavy atom. The predicted molar refractivity (Wildman–Crippen MR) is 89.3 cm³/mol. The van der Waals surface area contributed by atoms with Crippen molar-refractivity contribution in [3.05, 3.63) is 16.1 Å². The van der Waals surface area contributed by atoms with Gasteiger partial charge in [0.05, 0.1) is 5.01 Å². The van der Waals surface area contributed by atoms with Crippen molar-refractivity contribution in [1.29, 1.82) is 0 Å². The number of carbonyl (C=O) groups is 1. The summed E-state index contributed by atoms with van der Waals surface area (Å²) in [6, 6.07) is -0.198. The maximum atomic E-state index is 11.8. The summed E-state index contributed by atoms with van der Waals surface area (Å²) in [6.07, 6.45) is 1.75. The van der Waals surface area contributed by atoms with E-state index in [1.807, 2.05) is 33.1 Å². The van der Waals surface area contributed by atoms with E-state index in [9.17, 15) is 9.00 Å². The van der Waals surface area contributed by atoms with Crippen LogP contribution in [0, 0.1) is 6.92 Å². The van der Waals surface area contributed by atoms with E-state index < -0.39 is 10.8 Å². The van der Waals surface area contributed by atoms with Gasteiger partial charge in [0, 0.05) is 51.9 Å². The third-order valence-electron chi connectivity index (χ3n) is 2.78. The zero-order chi connectivity index (χ0) is 15.9. The lowest BCUT2D eigenvalue weighted by molar-refractivity contribution is 0.241. The van der Waals surface area contributed by atoms with Crippen LogP contribution in [0.25, 0.3) is 0 Å². The van der Waals surface area contributed by atoms with Crippen LogP contribution in [-0.2, 0) is 17.2 Å². The number of nitrogens with one attached hydrogen (secondary N) is 2. The molecule has 0 saturated heterocycles. The van der Waals surface area contributed by atoms with Crippen LogP contribution in [0.15, 0.2) is 5.38 Å². The molecule has 1 atom stereocenters. The van der Waals surface area contributed by atoms with Gasteiger partial charge in [0.1, 0.15) is 0 Å². The standard InChI is InChI=1S/C14H25N3O2S2/c1-11-10-20-12(17-11)6-5-7-15-13(18)16-8-9-21(19)14(2,3)4/h10H,5-9H2,1-4H3,(H2,15,16,18)/t21-/m0/s1. The second kappa shape index (κ2) is 8.48. The Labute approximate surface area is 133 Å². The molecule has 0 unspecified atom stereocenters. The molecular weight excluding hydrogens is 306 g/mol. The number of thiazole rings is 1. The third kappa shape index (κ3) is 7.57. The molecule has 0 bridgehead atoms. The maximum absolute atomic E-state index is 11.8. The van der Waals surface area contributed by atoms with E-state index in [1.165, 1.54) is 0 Å². The third-order valence-corrected chi connectivity index (χ3v) is 5.74. The lowest BCUT2D eigenvalue weighted by atomic mass is 10.3. The van der Waals surface area contributed by atoms with E-state index in [0.717, 1.165) is 23.5 Å². The fourth-order valence-corrected chi connectivity index (χ4v) is 3.30. The molecule has 2 N–H and O–H groups in total. The highest BCUT2D eigenvalue weighted by molar-refractivity contribution is 7.86. The minimum absolute atomic E-state index is 0.198. The fraction of sp³-hybridized carbons (Fsp3) is 0.714. The molecule has 1 rings (SSSR count). The van der Waals surface area contributed by atoms with Gasteiger partial charge in [0.15, 0.2) is 0 Å². The minimum atomic E-state index is -0.933. The number of urea groups is 1. The summed E-state index contributed by atoms with van der Waals surface area (Å²) in [5, 5.41) is 8.67. The molecule has 120 valence electrons. The number of nitrogens with zero attached hydrogens (tertiary/aromatic N) is 1. The first-order chi connectivity index (χ1) is 9.79. The summed E-state index contributed by atoms with van der Waals surface area (Å²) in [5.41, 5.74) is 1.05. The Balaban J connectivity index is 2.08. The highest BCUT2D eigenvalue weighted by atomic mass is 32.2. The van der Waals surface area contributed by atoms with E-state index in [1.54, 1.807) is 11.3 Å². The SMILES string of the molecule is Cc1csc(CCCNC(=O)NCC[S@](=O)C(C)(C)C)n1. The van der Waals surface area contributed by atoms with E-state index >= 15 is 0 Å². The zero-order valence-corrected chi connectivity index (χ0v) is 14.8. The van der Waals surface area contributed by atoms with E-state index in [0.29, 0.717) is 18.8 Å². The van der Waals surface area contributed by atoms with E-state index in [-0.39, 0.29) is 10.8 Å². The van der Waals surface area contributed by atoms with Gasteiger partial charge < -0.3 is 10.6 Å². The zero-order valence-electron chi connectivity index (χ0n) is 13.2. The van der Waals surface area contributed by atoms with Crippen LogP contribution >= 0.6 is 11.3 Å². The van der Waals surface area contributed by atoms with Crippen molar-refractivity contribution in [2.75, 3.05) is 18.8 Å². The molecule has 21 heavy (non-hydrogen) atoms. The molecule has 0 spiro atoms. The Bertz CT molecular complexity index is 481. The minimum Gasteiger partial charge on any atom is -0.338 e. The molecule has 2 amide bonds. The number of amides is 2. The molecule has 7 heteroatoms. The second-order valence-corrected chi connectivity index (χ2v) is 9.10. The molecule has 0 aliphatic rings. The largest absolute Gasteiger partial charge is 0.338 e. The molecule has 1 aromatic heterocycles. The summed E-state index contributed by atoms with van der Waals surface area (Å²) in [6.45, 7) is 8.83. The topological polar surface area (TPSA) is 71.1 Å². The summed E-state index contributed by atoms with van der Waals surface area (Å²) < 4.78 is 11.6. The first kappa shape index (κ1) is 18.1. The highest BCUT2D eigenvalue weighted by Crippen LogP contribution is 2.11. The summed E-state index contributed by atoms with van der Waals surface area (Å²) in [4.78, 5) is 15.9. The quantitative estimate of drug-likeness (QED) is 0.753. The van der Waals surface area contributed by atoms with Crippen molar-refractivity contribution in [2.24, 2.45) is 0 Å². The lowest BCUT2D eigenvalue weighted by Gasteiger charge is -2.17. The van der Waals surface area contributed by atoms with Gasteiger partial charge in [0.2, 0.25) is 0 Å². The predicted octanol–water partition coefficient (Wildman–Crippen LogP) is 2.23. The van der Waals surface area contributed by atoms with Crippen LogP contribution in [0.4, 0.5) is 4.79 Å². The van der Waals surface area contributed by atoms with Gasteiger partial charge in [-0.3, -0.25) is 4.21 Å². The van der Waals surface area contributed by atoms with Gasteiger partial charge in [-0.2, -0.15) is 0 Å². The maximum Gasteiger partial charge on any atom is 0.314 e. The Morgan fingerprint density at radius 1 is 1.33 bits per heavy atom. The molecule has 0 radical (unpaired) electrons. The van der Waals surface area contributed by atoms with Crippen LogP contribution in [0.3, 0.4) is 0 Å². The summed E-state index contributed by atoms with van der Waals surface area (Å²) in [7, 11) is -0.933. The molecule has 1 heterocycles. The number of carbonyl (C=O) groups excluding carboxylic acids is 1. The normalized spacial score (nSPS) is 13.0. The molecule has 0 saturated carbocycles. The van der Waals surface area contributed by atoms with Crippen molar-refractivity contribution in [3.63, 3.8) is 0 Å². The Hall–Kier alpha value is -0.950. The molecule has 0 aromatic carbocycles. The van der Waals surface area contributed by atoms with Crippen LogP contribution in [0.5, 0.6) is 0 Å². The highest BCUT2D eigenvalue weighted by Gasteiger charge is 2.18. The van der Waals surface area contributed by atoms with Crippen molar-refractivity contribution in [3.8, 4) is 0 Å². The van der Waals surface area contributed by atoms with Crippen molar-refractivity contribution in [2.45, 2.75) is 45.3 Å². The average Bonchev–Trinajstić information content (AvgIpc) is 2.79. The molecule has 5 nitrogen and oxygen atoms in total. The van der Waals surface area contributed by atoms with Gasteiger partial charge >= 0.3 is 6.03 Å². The molecule has 1 aromatic rings. The monoisotopic (exact) mass is 331 g/mol. The van der Waals surface area contributed by atoms with Gasteiger partial charge in [-0.05, 0) is 34.1 Å². The first-order valence-electron chi connectivity index (χ1n) is 7.10. The molecule has 0 aliphatic heterocycles. The number of aromatic nitrogens is 1. The second-order valence-electron chi connectivity index (χ2n) is 5.83. The summed E-state index contributed by atoms with van der Waals surface area (Å²) in [5.74, 6) is 0.481. The van der Waals surface area contributed by atoms with Crippen molar-refractivity contribution in [1.82, 2.24) is 15.6 Å². The number of hydrogen-bond acceptors (Lipinski definition) is 4. The van der Waals surface area contributed by atoms with E-state index in [2.05, 4.69) is 15.6 Å². The fourth-order valence-electron chi connectivity index (χ4n) is 1.59. The lowest BCUT2D eigenvalue weighted by Crippen LogP contribution is -2.39. The van der Waals surface area contributed by atoms with Gasteiger partial charge in [-0.25, -0.2) is 9.78 Å². The molecule has 0 aliphatic carbocycles.